The minimum absolute atomic E-state index is 0.155. The average Bonchev–Trinajstić information content (AvgIpc) is 2.49. The summed E-state index contributed by atoms with van der Waals surface area (Å²) in [5.41, 5.74) is 1.12. The van der Waals surface area contributed by atoms with Crippen LogP contribution in [0.2, 0.25) is 0 Å². The van der Waals surface area contributed by atoms with Gasteiger partial charge in [-0.05, 0) is 62.1 Å². The van der Waals surface area contributed by atoms with Gasteiger partial charge in [0.2, 0.25) is 0 Å². The van der Waals surface area contributed by atoms with Crippen molar-refractivity contribution in [3.8, 4) is 5.75 Å². The summed E-state index contributed by atoms with van der Waals surface area (Å²) < 4.78 is 4.87. The molecule has 116 valence electrons. The highest BCUT2D eigenvalue weighted by molar-refractivity contribution is 5.90. The fraction of sp³-hybridized carbons (Fsp3) is 0.444. The molecule has 0 heterocycles. The van der Waals surface area contributed by atoms with Crippen LogP contribution in [0.3, 0.4) is 0 Å². The van der Waals surface area contributed by atoms with E-state index in [1.807, 2.05) is 13.0 Å². The zero-order valence-corrected chi connectivity index (χ0v) is 12.8. The summed E-state index contributed by atoms with van der Waals surface area (Å²) in [5, 5.41) is 8.87. The number of hydrogen-bond donors (Lipinski definition) is 1. The van der Waals surface area contributed by atoms with Crippen molar-refractivity contribution in [2.75, 3.05) is 0 Å². The van der Waals surface area contributed by atoms with Gasteiger partial charge in [0.1, 0.15) is 11.5 Å². The Labute approximate surface area is 129 Å². The molecule has 2 bridgehead atoms. The first-order chi connectivity index (χ1) is 10.4. The molecule has 0 radical (unpaired) electrons. The van der Waals surface area contributed by atoms with Crippen molar-refractivity contribution in [1.82, 2.24) is 0 Å². The molecule has 4 nitrogen and oxygen atoms in total. The fourth-order valence-electron chi connectivity index (χ4n) is 4.23. The van der Waals surface area contributed by atoms with E-state index in [1.54, 1.807) is 19.1 Å². The Morgan fingerprint density at radius 1 is 1.27 bits per heavy atom. The van der Waals surface area contributed by atoms with Crippen LogP contribution in [-0.4, -0.2) is 17.0 Å². The Kier molecular flexibility index (Phi) is 3.55. The molecule has 1 fully saturated rings. The minimum Gasteiger partial charge on any atom is -0.449 e. The summed E-state index contributed by atoms with van der Waals surface area (Å²) in [6.45, 7) is 3.49. The van der Waals surface area contributed by atoms with Crippen LogP contribution in [-0.2, 0) is 10.2 Å². The Hall–Kier alpha value is -2.10. The van der Waals surface area contributed by atoms with Crippen molar-refractivity contribution in [3.63, 3.8) is 0 Å². The Balaban J connectivity index is 2.13. The van der Waals surface area contributed by atoms with E-state index >= 15 is 0 Å². The molecular weight excluding hydrogens is 280 g/mol. The number of ether oxygens (including phenoxy) is 1. The third-order valence-corrected chi connectivity index (χ3v) is 5.27. The standard InChI is InChI=1S/C18H20O4/c1-11-15(4-3-5-16(11)22-17(20)21)18(12(2)19)10-13-6-8-14(18)9-7-13/h3-6,8,13-14H,7,9-10H2,1-2H3,(H,20,21). The number of carboxylic acid groups (broad SMARTS) is 1. The summed E-state index contributed by atoms with van der Waals surface area (Å²) in [5.74, 6) is 1.09. The van der Waals surface area contributed by atoms with E-state index < -0.39 is 11.6 Å². The van der Waals surface area contributed by atoms with Gasteiger partial charge in [0.25, 0.3) is 0 Å². The summed E-state index contributed by atoms with van der Waals surface area (Å²) in [4.78, 5) is 23.5. The van der Waals surface area contributed by atoms with Gasteiger partial charge in [0.15, 0.2) is 0 Å². The van der Waals surface area contributed by atoms with E-state index in [4.69, 9.17) is 9.84 Å². The number of fused-ring (bicyclic) bond motifs is 2. The molecule has 1 aromatic rings. The summed E-state index contributed by atoms with van der Waals surface area (Å²) in [7, 11) is 0. The smallest absolute Gasteiger partial charge is 0.449 e. The van der Waals surface area contributed by atoms with Crippen LogP contribution in [0.1, 0.15) is 37.3 Å². The second kappa shape index (κ2) is 5.27. The van der Waals surface area contributed by atoms with Crippen LogP contribution in [0.4, 0.5) is 4.79 Å². The second-order valence-electron chi connectivity index (χ2n) is 6.36. The van der Waals surface area contributed by atoms with Crippen molar-refractivity contribution >= 4 is 11.9 Å². The number of ketones is 1. The van der Waals surface area contributed by atoms with Crippen LogP contribution < -0.4 is 4.74 Å². The molecule has 0 spiro atoms. The molecule has 3 unspecified atom stereocenters. The maximum atomic E-state index is 12.6. The fourth-order valence-corrected chi connectivity index (χ4v) is 4.23. The molecule has 3 atom stereocenters. The minimum atomic E-state index is -1.33. The zero-order chi connectivity index (χ0) is 15.9. The Morgan fingerprint density at radius 2 is 2.05 bits per heavy atom. The first-order valence-electron chi connectivity index (χ1n) is 7.65. The van der Waals surface area contributed by atoms with Gasteiger partial charge in [-0.2, -0.15) is 0 Å². The van der Waals surface area contributed by atoms with Crippen molar-refractivity contribution in [3.05, 3.63) is 41.5 Å². The molecule has 0 aliphatic heterocycles. The lowest BCUT2D eigenvalue weighted by Crippen LogP contribution is -2.48. The SMILES string of the molecule is CC(=O)C1(c2cccc(OC(=O)O)c2C)CC2C=CC1CC2. The van der Waals surface area contributed by atoms with E-state index in [9.17, 15) is 9.59 Å². The molecule has 1 saturated carbocycles. The number of Topliss-reactive ketones (excluding diaryl/α,β-unsaturated/α-hetero) is 1. The molecule has 1 N–H and O–H groups in total. The summed E-state index contributed by atoms with van der Waals surface area (Å²) in [6.07, 6.45) is 6.00. The molecule has 0 amide bonds. The van der Waals surface area contributed by atoms with Crippen molar-refractivity contribution in [1.29, 1.82) is 0 Å². The summed E-state index contributed by atoms with van der Waals surface area (Å²) >= 11 is 0. The van der Waals surface area contributed by atoms with E-state index in [0.29, 0.717) is 11.7 Å². The number of carbonyl (C=O) groups is 2. The van der Waals surface area contributed by atoms with Crippen LogP contribution >= 0.6 is 0 Å². The number of rotatable bonds is 3. The Bertz CT molecular complexity index is 661. The molecule has 0 aromatic heterocycles. The van der Waals surface area contributed by atoms with Gasteiger partial charge in [-0.15, -0.1) is 0 Å². The van der Waals surface area contributed by atoms with Crippen molar-refractivity contribution < 1.29 is 19.4 Å². The highest BCUT2D eigenvalue weighted by atomic mass is 16.7. The van der Waals surface area contributed by atoms with Crippen LogP contribution in [0.15, 0.2) is 30.4 Å². The highest BCUT2D eigenvalue weighted by Crippen LogP contribution is 2.52. The van der Waals surface area contributed by atoms with Crippen LogP contribution in [0.25, 0.3) is 0 Å². The number of hydrogen-bond acceptors (Lipinski definition) is 3. The van der Waals surface area contributed by atoms with Crippen LogP contribution in [0, 0.1) is 18.8 Å². The number of carbonyl (C=O) groups excluding carboxylic acids is 1. The lowest BCUT2D eigenvalue weighted by Gasteiger charge is -2.48. The molecule has 22 heavy (non-hydrogen) atoms. The van der Waals surface area contributed by atoms with E-state index in [1.165, 1.54) is 0 Å². The monoisotopic (exact) mass is 300 g/mol. The van der Waals surface area contributed by atoms with E-state index in [2.05, 4.69) is 12.2 Å². The molecule has 1 aromatic carbocycles. The number of allylic oxidation sites excluding steroid dienone is 2. The quantitative estimate of drug-likeness (QED) is 0.523. The average molecular weight is 300 g/mol. The van der Waals surface area contributed by atoms with Gasteiger partial charge >= 0.3 is 6.16 Å². The second-order valence-corrected chi connectivity index (χ2v) is 6.36. The maximum absolute atomic E-state index is 12.6. The van der Waals surface area contributed by atoms with Gasteiger partial charge in [0, 0.05) is 0 Å². The summed E-state index contributed by atoms with van der Waals surface area (Å²) in [6, 6.07) is 5.36. The van der Waals surface area contributed by atoms with Crippen molar-refractivity contribution in [2.24, 2.45) is 11.8 Å². The highest BCUT2D eigenvalue weighted by Gasteiger charge is 2.50. The molecule has 3 aliphatic carbocycles. The zero-order valence-electron chi connectivity index (χ0n) is 12.8. The Morgan fingerprint density at radius 3 is 2.55 bits per heavy atom. The van der Waals surface area contributed by atoms with Gasteiger partial charge < -0.3 is 9.84 Å². The van der Waals surface area contributed by atoms with Gasteiger partial charge in [-0.25, -0.2) is 4.79 Å². The molecule has 0 saturated heterocycles. The largest absolute Gasteiger partial charge is 0.511 e. The topological polar surface area (TPSA) is 63.6 Å². The van der Waals surface area contributed by atoms with E-state index in [0.717, 1.165) is 30.4 Å². The predicted octanol–water partition coefficient (Wildman–Crippen LogP) is 3.86. The van der Waals surface area contributed by atoms with Gasteiger partial charge in [-0.1, -0.05) is 24.3 Å². The predicted molar refractivity (Wildman–Crippen MR) is 82.2 cm³/mol. The first kappa shape index (κ1) is 14.8. The maximum Gasteiger partial charge on any atom is 0.511 e. The van der Waals surface area contributed by atoms with Crippen LogP contribution in [0.5, 0.6) is 5.75 Å². The number of benzene rings is 1. The lowest BCUT2D eigenvalue weighted by molar-refractivity contribution is -0.126. The third-order valence-electron chi connectivity index (χ3n) is 5.27. The molecule has 3 aliphatic rings. The van der Waals surface area contributed by atoms with E-state index in [-0.39, 0.29) is 11.7 Å². The third kappa shape index (κ3) is 2.14. The normalized spacial score (nSPS) is 29.4. The molecule has 4 rings (SSSR count). The van der Waals surface area contributed by atoms with Gasteiger partial charge in [-0.3, -0.25) is 4.79 Å². The van der Waals surface area contributed by atoms with Crippen molar-refractivity contribution in [2.45, 2.75) is 38.5 Å². The molecule has 4 heteroatoms. The lowest BCUT2D eigenvalue weighted by atomic mass is 9.54. The molecular formula is C18H20O4. The van der Waals surface area contributed by atoms with Gasteiger partial charge in [0.05, 0.1) is 5.41 Å². The first-order valence-corrected chi connectivity index (χ1v) is 7.65.